The molecule has 1 unspecified atom stereocenters. The molecule has 0 aliphatic heterocycles. The van der Waals surface area contributed by atoms with Gasteiger partial charge in [0.05, 0.1) is 0 Å². The predicted molar refractivity (Wildman–Crippen MR) is 124 cm³/mol. The van der Waals surface area contributed by atoms with E-state index in [0.717, 1.165) is 6.42 Å². The Hall–Kier alpha value is -1.55. The summed E-state index contributed by atoms with van der Waals surface area (Å²) in [6.45, 7) is 1.93. The van der Waals surface area contributed by atoms with Gasteiger partial charge in [0.1, 0.15) is 0 Å². The molecule has 180 valence electrons. The van der Waals surface area contributed by atoms with Crippen molar-refractivity contribution in [1.29, 1.82) is 0 Å². The summed E-state index contributed by atoms with van der Waals surface area (Å²) in [6.07, 6.45) is -5.61. The van der Waals surface area contributed by atoms with Gasteiger partial charge in [0.2, 0.25) is 0 Å². The van der Waals surface area contributed by atoms with Gasteiger partial charge in [-0.1, -0.05) is 0 Å². The van der Waals surface area contributed by atoms with E-state index in [-0.39, 0.29) is 31.8 Å². The summed E-state index contributed by atoms with van der Waals surface area (Å²) in [5.41, 5.74) is -3.54. The Balaban J connectivity index is 2.27. The molecule has 2 aromatic rings. The quantitative estimate of drug-likeness (QED) is 0.155. The summed E-state index contributed by atoms with van der Waals surface area (Å²) in [5, 5.41) is 1.02. The standard InChI is InChI=1S/C25H33F6P/c1-2-3-20-32(21-14-8-6-9-15-21,22-16-10-7-11-17-22)25(30,31)23(26)18-12-4-5-13-19-24(27,28)29/h6-11,14-17,23,32H,2-5,12-13,18-20H2,1H3. The van der Waals surface area contributed by atoms with Crippen molar-refractivity contribution < 1.29 is 26.3 Å². The van der Waals surface area contributed by atoms with Gasteiger partial charge in [-0.25, -0.2) is 0 Å². The van der Waals surface area contributed by atoms with Gasteiger partial charge in [-0.2, -0.15) is 0 Å². The summed E-state index contributed by atoms with van der Waals surface area (Å²) in [7, 11) is -3.82. The van der Waals surface area contributed by atoms with Crippen molar-refractivity contribution in [2.45, 2.75) is 76.3 Å². The van der Waals surface area contributed by atoms with Gasteiger partial charge in [0, 0.05) is 0 Å². The number of benzene rings is 2. The Bertz CT molecular complexity index is 737. The van der Waals surface area contributed by atoms with E-state index < -0.39 is 31.7 Å². The molecule has 32 heavy (non-hydrogen) atoms. The monoisotopic (exact) mass is 478 g/mol. The molecular weight excluding hydrogens is 445 g/mol. The van der Waals surface area contributed by atoms with Gasteiger partial charge in [-0.05, 0) is 0 Å². The third-order valence-electron chi connectivity index (χ3n) is 6.07. The summed E-state index contributed by atoms with van der Waals surface area (Å²) < 4.78 is 84.2. The van der Waals surface area contributed by atoms with Crippen LogP contribution in [0, 0.1) is 0 Å². The van der Waals surface area contributed by atoms with Crippen LogP contribution in [0.25, 0.3) is 0 Å². The molecule has 0 amide bonds. The maximum absolute atomic E-state index is 16.1. The zero-order chi connectivity index (χ0) is 23.7. The van der Waals surface area contributed by atoms with E-state index in [0.29, 0.717) is 23.5 Å². The van der Waals surface area contributed by atoms with Crippen LogP contribution in [0.3, 0.4) is 0 Å². The zero-order valence-electron chi connectivity index (χ0n) is 18.5. The van der Waals surface area contributed by atoms with Crippen LogP contribution in [0.2, 0.25) is 0 Å². The number of hydrogen-bond acceptors (Lipinski definition) is 0. The summed E-state index contributed by atoms with van der Waals surface area (Å²) in [6, 6.07) is 17.1. The average molecular weight is 479 g/mol. The summed E-state index contributed by atoms with van der Waals surface area (Å²) >= 11 is 0. The van der Waals surface area contributed by atoms with Gasteiger partial charge in [-0.3, -0.25) is 0 Å². The topological polar surface area (TPSA) is 0 Å². The fourth-order valence-corrected chi connectivity index (χ4v) is 9.45. The first-order chi connectivity index (χ1) is 15.1. The molecular formula is C25H33F6P. The van der Waals surface area contributed by atoms with Crippen LogP contribution in [0.15, 0.2) is 60.7 Å². The molecule has 2 rings (SSSR count). The Morgan fingerprint density at radius 3 is 1.69 bits per heavy atom. The van der Waals surface area contributed by atoms with Gasteiger partial charge in [0.15, 0.2) is 0 Å². The van der Waals surface area contributed by atoms with Crippen LogP contribution in [-0.2, 0) is 0 Å². The van der Waals surface area contributed by atoms with Crippen molar-refractivity contribution in [3.8, 4) is 0 Å². The van der Waals surface area contributed by atoms with E-state index in [1.54, 1.807) is 60.7 Å². The number of halogens is 6. The molecule has 0 aliphatic rings. The molecule has 0 aromatic heterocycles. The van der Waals surface area contributed by atoms with E-state index in [4.69, 9.17) is 0 Å². The van der Waals surface area contributed by atoms with Crippen molar-refractivity contribution in [2.75, 3.05) is 6.16 Å². The molecule has 0 saturated carbocycles. The fourth-order valence-electron chi connectivity index (χ4n) is 4.35. The molecule has 0 radical (unpaired) electrons. The van der Waals surface area contributed by atoms with Gasteiger partial charge in [-0.15, -0.1) is 0 Å². The molecule has 0 bridgehead atoms. The molecule has 0 saturated heterocycles. The maximum atomic E-state index is 16.1. The molecule has 0 spiro atoms. The molecule has 0 N–H and O–H groups in total. The Labute approximate surface area is 187 Å². The second-order valence-electron chi connectivity index (χ2n) is 8.40. The first-order valence-corrected chi connectivity index (χ1v) is 13.6. The van der Waals surface area contributed by atoms with Crippen LogP contribution < -0.4 is 10.6 Å². The minimum atomic E-state index is -4.22. The van der Waals surface area contributed by atoms with Crippen LogP contribution in [0.5, 0.6) is 0 Å². The van der Waals surface area contributed by atoms with E-state index >= 15 is 13.2 Å². The Morgan fingerprint density at radius 1 is 0.719 bits per heavy atom. The summed E-state index contributed by atoms with van der Waals surface area (Å²) in [5.74, 6) is 0. The first kappa shape index (κ1) is 26.7. The average Bonchev–Trinajstić information content (AvgIpc) is 2.77. The van der Waals surface area contributed by atoms with Crippen molar-refractivity contribution in [1.82, 2.24) is 0 Å². The van der Waals surface area contributed by atoms with Crippen LogP contribution >= 0.6 is 7.26 Å². The minimum absolute atomic E-state index is 0.0555. The third-order valence-corrected chi connectivity index (χ3v) is 11.3. The first-order valence-electron chi connectivity index (χ1n) is 11.3. The fraction of sp³-hybridized carbons (Fsp3) is 0.520. The Morgan fingerprint density at radius 2 is 1.22 bits per heavy atom. The number of unbranched alkanes of at least 4 members (excludes halogenated alkanes) is 4. The van der Waals surface area contributed by atoms with E-state index in [1.165, 1.54) is 0 Å². The van der Waals surface area contributed by atoms with Crippen molar-refractivity contribution >= 4 is 17.9 Å². The SMILES string of the molecule is CCCC[PH](c1ccccc1)(c1ccccc1)C(F)(F)C(F)CCCCCCC(F)(F)F. The predicted octanol–water partition coefficient (Wildman–Crippen LogP) is 8.02. The molecule has 0 heterocycles. The van der Waals surface area contributed by atoms with Crippen molar-refractivity contribution in [2.24, 2.45) is 0 Å². The van der Waals surface area contributed by atoms with Crippen LogP contribution in [-0.4, -0.2) is 24.2 Å². The molecule has 2 aromatic carbocycles. The second-order valence-corrected chi connectivity index (χ2v) is 12.5. The second kappa shape index (κ2) is 12.1. The molecule has 0 aliphatic carbocycles. The number of hydrogen-bond donors (Lipinski definition) is 0. The number of rotatable bonds is 13. The van der Waals surface area contributed by atoms with Gasteiger partial charge in [0.25, 0.3) is 0 Å². The normalized spacial score (nSPS) is 14.3. The van der Waals surface area contributed by atoms with E-state index in [1.807, 2.05) is 6.92 Å². The van der Waals surface area contributed by atoms with E-state index in [2.05, 4.69) is 0 Å². The van der Waals surface area contributed by atoms with E-state index in [9.17, 15) is 13.2 Å². The van der Waals surface area contributed by atoms with Crippen LogP contribution in [0.1, 0.15) is 58.3 Å². The van der Waals surface area contributed by atoms with Gasteiger partial charge < -0.3 is 0 Å². The molecule has 0 nitrogen and oxygen atoms in total. The van der Waals surface area contributed by atoms with Crippen molar-refractivity contribution in [3.05, 3.63) is 60.7 Å². The van der Waals surface area contributed by atoms with Crippen LogP contribution in [0.4, 0.5) is 26.3 Å². The third kappa shape index (κ3) is 6.73. The molecule has 0 fully saturated rings. The Kier molecular flexibility index (Phi) is 10.1. The number of alkyl halides is 6. The molecule has 7 heteroatoms. The molecule has 1 atom stereocenters. The van der Waals surface area contributed by atoms with Gasteiger partial charge >= 0.3 is 187 Å². The van der Waals surface area contributed by atoms with Crippen molar-refractivity contribution in [3.63, 3.8) is 0 Å². The zero-order valence-corrected chi connectivity index (χ0v) is 19.5. The summed E-state index contributed by atoms with van der Waals surface area (Å²) in [4.78, 5) is 0.